The van der Waals surface area contributed by atoms with Crippen molar-refractivity contribution in [2.75, 3.05) is 0 Å². The molecule has 0 radical (unpaired) electrons. The summed E-state index contributed by atoms with van der Waals surface area (Å²) in [6.45, 7) is 6.29. The van der Waals surface area contributed by atoms with Crippen LogP contribution in [0.2, 0.25) is 0 Å². The Hall–Kier alpha value is -0.260. The van der Waals surface area contributed by atoms with Crippen LogP contribution in [-0.4, -0.2) is 0 Å². The van der Waals surface area contributed by atoms with Gasteiger partial charge < -0.3 is 0 Å². The van der Waals surface area contributed by atoms with Crippen molar-refractivity contribution in [2.45, 2.75) is 19.8 Å². The van der Waals surface area contributed by atoms with E-state index in [1.54, 1.807) is 0 Å². The minimum Gasteiger partial charge on any atom is -0.0995 e. The van der Waals surface area contributed by atoms with E-state index in [9.17, 15) is 0 Å². The van der Waals surface area contributed by atoms with Crippen molar-refractivity contribution in [3.05, 3.63) is 12.2 Å². The van der Waals surface area contributed by atoms with Gasteiger partial charge in [0, 0.05) is 5.41 Å². The van der Waals surface area contributed by atoms with Gasteiger partial charge in [-0.15, -0.1) is 0 Å². The molecule has 0 aromatic carbocycles. The molecule has 0 spiro atoms. The lowest BCUT2D eigenvalue weighted by Gasteiger charge is -2.05. The Kier molecular flexibility index (Phi) is 0.455. The molecule has 4 aliphatic carbocycles. The molecule has 9 heavy (non-hydrogen) atoms. The zero-order chi connectivity index (χ0) is 6.22. The fourth-order valence-electron chi connectivity index (χ4n) is 3.57. The van der Waals surface area contributed by atoms with Crippen molar-refractivity contribution in [1.82, 2.24) is 0 Å². The first kappa shape index (κ1) is 4.54. The molecule has 2 bridgehead atoms. The summed E-state index contributed by atoms with van der Waals surface area (Å²) in [6.07, 6.45) is 3.03. The quantitative estimate of drug-likeness (QED) is 0.465. The SMILES string of the molecule is C=C(C)C12C3CCC1C32. The minimum absolute atomic E-state index is 0.750. The Bertz CT molecular complexity index is 181. The van der Waals surface area contributed by atoms with Crippen molar-refractivity contribution >= 4 is 0 Å². The van der Waals surface area contributed by atoms with Gasteiger partial charge in [0.1, 0.15) is 0 Å². The predicted octanol–water partition coefficient (Wildman–Crippen LogP) is 2.22. The van der Waals surface area contributed by atoms with Crippen molar-refractivity contribution in [1.29, 1.82) is 0 Å². The maximum atomic E-state index is 4.07. The molecule has 0 heteroatoms. The van der Waals surface area contributed by atoms with Crippen LogP contribution < -0.4 is 0 Å². The molecule has 0 N–H and O–H groups in total. The van der Waals surface area contributed by atoms with Gasteiger partial charge in [0.05, 0.1) is 0 Å². The molecule has 0 aromatic rings. The van der Waals surface area contributed by atoms with Crippen molar-refractivity contribution < 1.29 is 0 Å². The molecule has 4 rings (SSSR count). The predicted molar refractivity (Wildman–Crippen MR) is 37.0 cm³/mol. The van der Waals surface area contributed by atoms with E-state index >= 15 is 0 Å². The molecule has 0 saturated heterocycles. The monoisotopic (exact) mass is 120 g/mol. The van der Waals surface area contributed by atoms with Gasteiger partial charge in [0.15, 0.2) is 0 Å². The Morgan fingerprint density at radius 2 is 2.00 bits per heavy atom. The van der Waals surface area contributed by atoms with Crippen molar-refractivity contribution in [3.8, 4) is 0 Å². The van der Waals surface area contributed by atoms with Crippen LogP contribution >= 0.6 is 0 Å². The van der Waals surface area contributed by atoms with E-state index in [0.29, 0.717) is 0 Å². The highest BCUT2D eigenvalue weighted by atomic mass is 14.9. The van der Waals surface area contributed by atoms with Crippen LogP contribution in [0.5, 0.6) is 0 Å². The van der Waals surface area contributed by atoms with Crippen LogP contribution in [-0.2, 0) is 0 Å². The Morgan fingerprint density at radius 1 is 1.44 bits per heavy atom. The zero-order valence-corrected chi connectivity index (χ0v) is 5.85. The third-order valence-corrected chi connectivity index (χ3v) is 3.96. The standard InChI is InChI=1S/C9H12/c1-5(2)9-6-3-4-7(9)8(6)9/h6-8H,1,3-4H2,2H3. The molecule has 4 saturated carbocycles. The van der Waals surface area contributed by atoms with E-state index in [2.05, 4.69) is 13.5 Å². The summed E-state index contributed by atoms with van der Waals surface area (Å²) in [4.78, 5) is 0. The number of hydrogen-bond acceptors (Lipinski definition) is 0. The molecule has 48 valence electrons. The average molecular weight is 120 g/mol. The maximum absolute atomic E-state index is 4.07. The molecular formula is C9H12. The third-order valence-electron chi connectivity index (χ3n) is 3.96. The molecule has 0 amide bonds. The molecule has 2 atom stereocenters. The van der Waals surface area contributed by atoms with Gasteiger partial charge in [-0.2, -0.15) is 0 Å². The van der Waals surface area contributed by atoms with Gasteiger partial charge in [-0.1, -0.05) is 12.2 Å². The van der Waals surface area contributed by atoms with Crippen LogP contribution in [0.3, 0.4) is 0 Å². The van der Waals surface area contributed by atoms with E-state index in [-0.39, 0.29) is 0 Å². The molecule has 0 heterocycles. The molecule has 0 nitrogen and oxygen atoms in total. The molecule has 4 fully saturated rings. The van der Waals surface area contributed by atoms with Gasteiger partial charge in [0.25, 0.3) is 0 Å². The van der Waals surface area contributed by atoms with Gasteiger partial charge in [-0.3, -0.25) is 0 Å². The van der Waals surface area contributed by atoms with Gasteiger partial charge in [0.2, 0.25) is 0 Å². The van der Waals surface area contributed by atoms with E-state index in [1.807, 2.05) is 0 Å². The maximum Gasteiger partial charge on any atom is 0.000319 e. The molecule has 4 aliphatic rings. The summed E-state index contributed by atoms with van der Waals surface area (Å²) in [7, 11) is 0. The number of allylic oxidation sites excluding steroid dienone is 1. The summed E-state index contributed by atoms with van der Waals surface area (Å²) in [6, 6.07) is 0. The second-order valence-electron chi connectivity index (χ2n) is 4.03. The fraction of sp³-hybridized carbons (Fsp3) is 0.778. The van der Waals surface area contributed by atoms with Crippen molar-refractivity contribution in [3.63, 3.8) is 0 Å². The highest BCUT2D eigenvalue weighted by Gasteiger charge is 2.88. The lowest BCUT2D eigenvalue weighted by atomic mass is 10.00. The minimum atomic E-state index is 0.750. The van der Waals surface area contributed by atoms with Gasteiger partial charge in [-0.05, 0) is 37.5 Å². The highest BCUT2D eigenvalue weighted by Crippen LogP contribution is 2.93. The van der Waals surface area contributed by atoms with Crippen LogP contribution in [0.15, 0.2) is 12.2 Å². The van der Waals surface area contributed by atoms with E-state index in [4.69, 9.17) is 0 Å². The Labute approximate surface area is 56.0 Å². The third kappa shape index (κ3) is 0.238. The molecule has 0 aromatic heterocycles. The summed E-state index contributed by atoms with van der Waals surface area (Å²) in [5, 5.41) is 0. The second-order valence-corrected chi connectivity index (χ2v) is 4.03. The Balaban J connectivity index is 2.04. The van der Waals surface area contributed by atoms with E-state index < -0.39 is 0 Å². The van der Waals surface area contributed by atoms with Crippen LogP contribution in [0, 0.1) is 23.2 Å². The zero-order valence-electron chi connectivity index (χ0n) is 5.85. The first-order valence-corrected chi connectivity index (χ1v) is 3.95. The smallest absolute Gasteiger partial charge is 0.000319 e. The van der Waals surface area contributed by atoms with Crippen LogP contribution in [0.25, 0.3) is 0 Å². The lowest BCUT2D eigenvalue weighted by molar-refractivity contribution is 0.551. The van der Waals surface area contributed by atoms with E-state index in [0.717, 1.165) is 23.2 Å². The van der Waals surface area contributed by atoms with Gasteiger partial charge >= 0.3 is 0 Å². The average Bonchev–Trinajstić information content (AvgIpc) is 2.49. The fourth-order valence-corrected chi connectivity index (χ4v) is 3.57. The highest BCUT2D eigenvalue weighted by molar-refractivity contribution is 5.45. The summed E-state index contributed by atoms with van der Waals surface area (Å²) in [5.41, 5.74) is 2.24. The lowest BCUT2D eigenvalue weighted by Crippen LogP contribution is -1.97. The molecular weight excluding hydrogens is 108 g/mol. The number of fused-ring (bicyclic) bond motifs is 1. The van der Waals surface area contributed by atoms with Gasteiger partial charge in [-0.25, -0.2) is 0 Å². The van der Waals surface area contributed by atoms with Crippen LogP contribution in [0.1, 0.15) is 19.8 Å². The summed E-state index contributed by atoms with van der Waals surface area (Å²) < 4.78 is 0. The number of rotatable bonds is 1. The largest absolute Gasteiger partial charge is 0.0995 e. The van der Waals surface area contributed by atoms with Crippen LogP contribution in [0.4, 0.5) is 0 Å². The molecule has 0 aliphatic heterocycles. The second kappa shape index (κ2) is 0.902. The topological polar surface area (TPSA) is 0 Å². The normalized spacial score (nSPS) is 65.2. The summed E-state index contributed by atoms with van der Waals surface area (Å²) in [5.74, 6) is 3.36. The number of hydrogen-bond donors (Lipinski definition) is 0. The summed E-state index contributed by atoms with van der Waals surface area (Å²) >= 11 is 0. The van der Waals surface area contributed by atoms with E-state index in [1.165, 1.54) is 18.4 Å². The Morgan fingerprint density at radius 3 is 2.22 bits per heavy atom. The first-order valence-electron chi connectivity index (χ1n) is 3.95. The first-order chi connectivity index (χ1) is 4.29. The van der Waals surface area contributed by atoms with Crippen molar-refractivity contribution in [2.24, 2.45) is 23.2 Å². The molecule has 2 unspecified atom stereocenters.